The van der Waals surface area contributed by atoms with Crippen molar-refractivity contribution < 1.29 is 28.8 Å². The van der Waals surface area contributed by atoms with E-state index in [4.69, 9.17) is 23.7 Å². The molecule has 1 heterocycles. The predicted molar refractivity (Wildman–Crippen MR) is 106 cm³/mol. The fourth-order valence-corrected chi connectivity index (χ4v) is 4.62. The van der Waals surface area contributed by atoms with Crippen LogP contribution in [0.5, 0.6) is 11.5 Å². The Kier molecular flexibility index (Phi) is 5.87. The largest absolute Gasteiger partial charge is 0.493 e. The molecule has 1 aromatic rings. The van der Waals surface area contributed by atoms with Gasteiger partial charge in [-0.3, -0.25) is 0 Å². The lowest BCUT2D eigenvalue weighted by Crippen LogP contribution is -2.59. The van der Waals surface area contributed by atoms with Crippen LogP contribution in [0.25, 0.3) is 0 Å². The molecule has 0 saturated carbocycles. The number of aliphatic hydroxyl groups is 1. The Morgan fingerprint density at radius 2 is 1.89 bits per heavy atom. The SMILES string of the molecule is C=CCC1=CC2(OC)C(C)C(c3ccc(OC)c(OC)c3)OC2(OC)CC1O. The lowest BCUT2D eigenvalue weighted by atomic mass is 9.72. The zero-order chi connectivity index (χ0) is 20.5. The van der Waals surface area contributed by atoms with Gasteiger partial charge in [0.2, 0.25) is 5.79 Å². The fourth-order valence-electron chi connectivity index (χ4n) is 4.62. The molecule has 1 N–H and O–H groups in total. The van der Waals surface area contributed by atoms with Crippen LogP contribution in [-0.2, 0) is 14.2 Å². The third kappa shape index (κ3) is 2.95. The summed E-state index contributed by atoms with van der Waals surface area (Å²) in [6.45, 7) is 5.87. The Bertz CT molecular complexity index is 759. The summed E-state index contributed by atoms with van der Waals surface area (Å²) < 4.78 is 29.2. The smallest absolute Gasteiger partial charge is 0.204 e. The number of benzene rings is 1. The van der Waals surface area contributed by atoms with E-state index in [-0.39, 0.29) is 18.4 Å². The summed E-state index contributed by atoms with van der Waals surface area (Å²) in [5.41, 5.74) is 0.963. The number of methoxy groups -OCH3 is 4. The van der Waals surface area contributed by atoms with Gasteiger partial charge in [0.05, 0.1) is 26.4 Å². The van der Waals surface area contributed by atoms with Gasteiger partial charge >= 0.3 is 0 Å². The van der Waals surface area contributed by atoms with Crippen molar-refractivity contribution in [2.24, 2.45) is 5.92 Å². The van der Waals surface area contributed by atoms with Crippen LogP contribution in [0.2, 0.25) is 0 Å². The van der Waals surface area contributed by atoms with E-state index in [2.05, 4.69) is 13.5 Å². The van der Waals surface area contributed by atoms with E-state index in [0.29, 0.717) is 17.9 Å². The molecule has 28 heavy (non-hydrogen) atoms. The molecule has 6 heteroatoms. The van der Waals surface area contributed by atoms with Gasteiger partial charge in [-0.1, -0.05) is 19.1 Å². The van der Waals surface area contributed by atoms with Gasteiger partial charge in [0.25, 0.3) is 0 Å². The molecule has 0 spiro atoms. The second-order valence-electron chi connectivity index (χ2n) is 7.33. The second-order valence-corrected chi connectivity index (χ2v) is 7.33. The Morgan fingerprint density at radius 1 is 1.18 bits per heavy atom. The van der Waals surface area contributed by atoms with Gasteiger partial charge in [0, 0.05) is 26.6 Å². The molecule has 0 amide bonds. The van der Waals surface area contributed by atoms with Crippen LogP contribution in [0.4, 0.5) is 0 Å². The zero-order valence-electron chi connectivity index (χ0n) is 17.2. The molecular formula is C22H30O6. The molecular weight excluding hydrogens is 360 g/mol. The highest BCUT2D eigenvalue weighted by Crippen LogP contribution is 2.58. The standard InChI is InChI=1S/C22H30O6/c1-7-8-16-12-21(26-5)14(2)20(28-22(21,27-6)13-17(16)23)15-9-10-18(24-3)19(11-15)25-4/h7,9-12,14,17,20,23H,1,8,13H2,2-6H3. The van der Waals surface area contributed by atoms with Crippen molar-refractivity contribution in [2.75, 3.05) is 28.4 Å². The molecule has 1 aliphatic carbocycles. The van der Waals surface area contributed by atoms with E-state index in [1.54, 1.807) is 34.5 Å². The number of aliphatic hydroxyl groups excluding tert-OH is 1. The summed E-state index contributed by atoms with van der Waals surface area (Å²) in [6, 6.07) is 5.73. The van der Waals surface area contributed by atoms with Crippen molar-refractivity contribution in [3.63, 3.8) is 0 Å². The Morgan fingerprint density at radius 3 is 2.46 bits per heavy atom. The normalized spacial score (nSPS) is 34.5. The molecule has 2 aliphatic rings. The van der Waals surface area contributed by atoms with Crippen LogP contribution in [0.3, 0.4) is 0 Å². The van der Waals surface area contributed by atoms with Crippen molar-refractivity contribution in [3.8, 4) is 11.5 Å². The molecule has 0 radical (unpaired) electrons. The van der Waals surface area contributed by atoms with E-state index in [0.717, 1.165) is 11.1 Å². The molecule has 3 rings (SSSR count). The highest BCUT2D eigenvalue weighted by molar-refractivity contribution is 5.45. The van der Waals surface area contributed by atoms with Crippen LogP contribution >= 0.6 is 0 Å². The van der Waals surface area contributed by atoms with E-state index in [1.165, 1.54) is 0 Å². The van der Waals surface area contributed by atoms with Crippen molar-refractivity contribution in [3.05, 3.63) is 48.1 Å². The molecule has 6 nitrogen and oxygen atoms in total. The number of hydrogen-bond donors (Lipinski definition) is 1. The summed E-state index contributed by atoms with van der Waals surface area (Å²) in [5, 5.41) is 10.7. The van der Waals surface area contributed by atoms with Crippen LogP contribution < -0.4 is 9.47 Å². The zero-order valence-corrected chi connectivity index (χ0v) is 17.2. The summed E-state index contributed by atoms with van der Waals surface area (Å²) in [5.74, 6) is 0.110. The van der Waals surface area contributed by atoms with Crippen molar-refractivity contribution >= 4 is 0 Å². The fraction of sp³-hybridized carbons (Fsp3) is 0.545. The topological polar surface area (TPSA) is 66.4 Å². The minimum atomic E-state index is -1.09. The van der Waals surface area contributed by atoms with Gasteiger partial charge in [-0.25, -0.2) is 0 Å². The summed E-state index contributed by atoms with van der Waals surface area (Å²) in [7, 11) is 6.46. The Hall–Kier alpha value is -1.86. The van der Waals surface area contributed by atoms with Gasteiger partial charge in [-0.15, -0.1) is 6.58 Å². The lowest BCUT2D eigenvalue weighted by Gasteiger charge is -2.47. The third-order valence-corrected chi connectivity index (χ3v) is 6.12. The maximum atomic E-state index is 10.7. The average molecular weight is 390 g/mol. The van der Waals surface area contributed by atoms with Gasteiger partial charge < -0.3 is 28.8 Å². The van der Waals surface area contributed by atoms with Crippen molar-refractivity contribution in [2.45, 2.75) is 43.4 Å². The Labute approximate surface area is 166 Å². The first kappa shape index (κ1) is 20.9. The van der Waals surface area contributed by atoms with Crippen LogP contribution in [0.15, 0.2) is 42.5 Å². The number of ether oxygens (including phenoxy) is 5. The number of hydrogen-bond acceptors (Lipinski definition) is 6. The molecule has 1 saturated heterocycles. The average Bonchev–Trinajstić information content (AvgIpc) is 2.97. The number of rotatable bonds is 7. The summed E-state index contributed by atoms with van der Waals surface area (Å²) in [6.07, 6.45) is 3.62. The molecule has 5 atom stereocenters. The highest BCUT2D eigenvalue weighted by atomic mass is 16.7. The first-order valence-corrected chi connectivity index (χ1v) is 9.42. The molecule has 154 valence electrons. The van der Waals surface area contributed by atoms with Gasteiger partial charge in [-0.2, -0.15) is 0 Å². The maximum absolute atomic E-state index is 10.7. The second kappa shape index (κ2) is 7.87. The summed E-state index contributed by atoms with van der Waals surface area (Å²) in [4.78, 5) is 0. The summed E-state index contributed by atoms with van der Waals surface area (Å²) >= 11 is 0. The quantitative estimate of drug-likeness (QED) is 0.720. The number of allylic oxidation sites excluding steroid dienone is 1. The van der Waals surface area contributed by atoms with Crippen molar-refractivity contribution in [1.82, 2.24) is 0 Å². The van der Waals surface area contributed by atoms with E-state index in [9.17, 15) is 5.11 Å². The minimum absolute atomic E-state index is 0.0807. The monoisotopic (exact) mass is 390 g/mol. The van der Waals surface area contributed by atoms with Crippen LogP contribution in [0, 0.1) is 5.92 Å². The van der Waals surface area contributed by atoms with E-state index >= 15 is 0 Å². The predicted octanol–water partition coefficient (Wildman–Crippen LogP) is 3.41. The highest BCUT2D eigenvalue weighted by Gasteiger charge is 2.67. The van der Waals surface area contributed by atoms with Gasteiger partial charge in [-0.05, 0) is 35.8 Å². The molecule has 5 unspecified atom stereocenters. The molecule has 0 bridgehead atoms. The van der Waals surface area contributed by atoms with Crippen molar-refractivity contribution in [1.29, 1.82) is 0 Å². The molecule has 1 aliphatic heterocycles. The minimum Gasteiger partial charge on any atom is -0.493 e. The Balaban J connectivity index is 2.09. The first-order valence-electron chi connectivity index (χ1n) is 9.42. The third-order valence-electron chi connectivity index (χ3n) is 6.12. The van der Waals surface area contributed by atoms with Gasteiger partial charge in [0.1, 0.15) is 5.60 Å². The molecule has 1 fully saturated rings. The molecule has 1 aromatic carbocycles. The number of fused-ring (bicyclic) bond motifs is 1. The van der Waals surface area contributed by atoms with E-state index in [1.807, 2.05) is 24.3 Å². The van der Waals surface area contributed by atoms with Gasteiger partial charge in [0.15, 0.2) is 11.5 Å². The maximum Gasteiger partial charge on any atom is 0.204 e. The first-order chi connectivity index (χ1) is 13.4. The lowest BCUT2D eigenvalue weighted by molar-refractivity contribution is -0.287. The van der Waals surface area contributed by atoms with Crippen LogP contribution in [0.1, 0.15) is 31.4 Å². The van der Waals surface area contributed by atoms with E-state index < -0.39 is 17.5 Å². The molecule has 0 aromatic heterocycles. The van der Waals surface area contributed by atoms with Crippen LogP contribution in [-0.4, -0.2) is 51.0 Å².